The predicted molar refractivity (Wildman–Crippen MR) is 121 cm³/mol. The third-order valence-electron chi connectivity index (χ3n) is 6.05. The normalized spacial score (nSPS) is 21.9. The summed E-state index contributed by atoms with van der Waals surface area (Å²) in [4.78, 5) is 31.4. The number of rotatable bonds is 6. The number of nitrogens with zero attached hydrogens (tertiary/aromatic N) is 3. The lowest BCUT2D eigenvalue weighted by atomic mass is 10.1. The van der Waals surface area contributed by atoms with Crippen molar-refractivity contribution in [2.24, 2.45) is 0 Å². The van der Waals surface area contributed by atoms with Crippen LogP contribution in [-0.2, 0) is 4.79 Å². The molecular weight excluding hydrogens is 432 g/mol. The summed E-state index contributed by atoms with van der Waals surface area (Å²) in [6.45, 7) is 5.84. The highest BCUT2D eigenvalue weighted by Gasteiger charge is 2.40. The van der Waals surface area contributed by atoms with E-state index in [1.54, 1.807) is 40.9 Å². The molecule has 0 radical (unpaired) electrons. The number of carbonyl (C=O) groups excluding carboxylic acids is 2. The second kappa shape index (κ2) is 10.0. The topological polar surface area (TPSA) is 43.9 Å². The Bertz CT molecular complexity index is 964. The van der Waals surface area contributed by atoms with Crippen LogP contribution in [-0.4, -0.2) is 71.0 Å². The van der Waals surface area contributed by atoms with Crippen molar-refractivity contribution in [3.8, 4) is 0 Å². The van der Waals surface area contributed by atoms with Crippen LogP contribution in [0.4, 0.5) is 8.78 Å². The van der Waals surface area contributed by atoms with Crippen LogP contribution in [0.2, 0.25) is 0 Å². The van der Waals surface area contributed by atoms with Gasteiger partial charge < -0.3 is 9.80 Å². The van der Waals surface area contributed by atoms with Crippen molar-refractivity contribution in [3.63, 3.8) is 0 Å². The van der Waals surface area contributed by atoms with Crippen LogP contribution in [0.1, 0.15) is 34.6 Å². The smallest absolute Gasteiger partial charge is 0.254 e. The summed E-state index contributed by atoms with van der Waals surface area (Å²) in [5, 5.41) is -0.185. The van der Waals surface area contributed by atoms with Gasteiger partial charge in [-0.05, 0) is 42.3 Å². The molecular formula is C24H27F2N3O2S. The SMILES string of the molecule is CC[C@H]1S[C@H](c2ccc(F)cc2)N(CCN2CCN(C(=O)c3cccc(F)c3)CC2)C1=O. The molecule has 170 valence electrons. The second-order valence-corrected chi connectivity index (χ2v) is 9.40. The number of hydrogen-bond acceptors (Lipinski definition) is 4. The molecule has 0 aromatic heterocycles. The fraction of sp³-hybridized carbons (Fsp3) is 0.417. The second-order valence-electron chi connectivity index (χ2n) is 8.11. The maximum absolute atomic E-state index is 13.4. The molecule has 0 spiro atoms. The average Bonchev–Trinajstić information content (AvgIpc) is 3.13. The minimum Gasteiger partial charge on any atom is -0.336 e. The van der Waals surface area contributed by atoms with Gasteiger partial charge in [0.05, 0.1) is 5.25 Å². The van der Waals surface area contributed by atoms with Crippen LogP contribution in [0.3, 0.4) is 0 Å². The standard InChI is InChI=1S/C24H27F2N3O2S/c1-2-21-23(31)29(24(32-21)17-6-8-19(25)9-7-17)15-12-27-10-13-28(14-11-27)22(30)18-4-3-5-20(26)16-18/h3-9,16,21,24H,2,10-15H2,1H3/t21-,24-/m1/s1. The molecule has 5 nitrogen and oxygen atoms in total. The summed E-state index contributed by atoms with van der Waals surface area (Å²) in [6.07, 6.45) is 0.762. The van der Waals surface area contributed by atoms with E-state index in [9.17, 15) is 18.4 Å². The molecule has 2 fully saturated rings. The minimum absolute atomic E-state index is 0.0780. The van der Waals surface area contributed by atoms with Gasteiger partial charge in [-0.3, -0.25) is 14.5 Å². The van der Waals surface area contributed by atoms with Gasteiger partial charge in [-0.2, -0.15) is 0 Å². The molecule has 2 atom stereocenters. The maximum atomic E-state index is 13.4. The lowest BCUT2D eigenvalue weighted by molar-refractivity contribution is -0.130. The minimum atomic E-state index is -0.413. The van der Waals surface area contributed by atoms with Gasteiger partial charge in [-0.15, -0.1) is 11.8 Å². The Kier molecular flexibility index (Phi) is 7.10. The summed E-state index contributed by atoms with van der Waals surface area (Å²) in [7, 11) is 0. The van der Waals surface area contributed by atoms with Gasteiger partial charge in [0.15, 0.2) is 0 Å². The number of piperazine rings is 1. The highest BCUT2D eigenvalue weighted by Crippen LogP contribution is 2.44. The Hall–Kier alpha value is -2.45. The third-order valence-corrected chi connectivity index (χ3v) is 7.70. The van der Waals surface area contributed by atoms with Gasteiger partial charge in [-0.25, -0.2) is 8.78 Å². The van der Waals surface area contributed by atoms with Crippen LogP contribution in [0, 0.1) is 11.6 Å². The number of halogens is 2. The van der Waals surface area contributed by atoms with E-state index in [0.29, 0.717) is 44.8 Å². The van der Waals surface area contributed by atoms with E-state index in [1.165, 1.54) is 24.3 Å². The van der Waals surface area contributed by atoms with E-state index in [1.807, 2.05) is 11.8 Å². The summed E-state index contributed by atoms with van der Waals surface area (Å²) in [6, 6.07) is 12.2. The molecule has 4 rings (SSSR count). The highest BCUT2D eigenvalue weighted by molar-refractivity contribution is 8.01. The molecule has 8 heteroatoms. The largest absolute Gasteiger partial charge is 0.336 e. The average molecular weight is 460 g/mol. The molecule has 2 saturated heterocycles. The number of carbonyl (C=O) groups is 2. The first-order valence-electron chi connectivity index (χ1n) is 10.9. The Balaban J connectivity index is 1.34. The van der Waals surface area contributed by atoms with E-state index >= 15 is 0 Å². The van der Waals surface area contributed by atoms with Crippen LogP contribution < -0.4 is 0 Å². The zero-order chi connectivity index (χ0) is 22.7. The molecule has 32 heavy (non-hydrogen) atoms. The zero-order valence-corrected chi connectivity index (χ0v) is 18.9. The van der Waals surface area contributed by atoms with Crippen molar-refractivity contribution in [2.75, 3.05) is 39.3 Å². The predicted octanol–water partition coefficient (Wildman–Crippen LogP) is 3.78. The molecule has 0 bridgehead atoms. The van der Waals surface area contributed by atoms with E-state index in [4.69, 9.17) is 0 Å². The lowest BCUT2D eigenvalue weighted by Gasteiger charge is -2.36. The van der Waals surface area contributed by atoms with Crippen molar-refractivity contribution < 1.29 is 18.4 Å². The lowest BCUT2D eigenvalue weighted by Crippen LogP contribution is -2.50. The quantitative estimate of drug-likeness (QED) is 0.660. The highest BCUT2D eigenvalue weighted by atomic mass is 32.2. The summed E-state index contributed by atoms with van der Waals surface area (Å²) in [5.74, 6) is -0.722. The Morgan fingerprint density at radius 2 is 1.72 bits per heavy atom. The molecule has 2 aromatic rings. The molecule has 2 heterocycles. The van der Waals surface area contributed by atoms with E-state index < -0.39 is 5.82 Å². The van der Waals surface area contributed by atoms with Crippen molar-refractivity contribution in [1.29, 1.82) is 0 Å². The molecule has 0 saturated carbocycles. The molecule has 2 aromatic carbocycles. The fourth-order valence-electron chi connectivity index (χ4n) is 4.20. The fourth-order valence-corrected chi connectivity index (χ4v) is 5.63. The molecule has 0 unspecified atom stereocenters. The monoisotopic (exact) mass is 459 g/mol. The van der Waals surface area contributed by atoms with Crippen molar-refractivity contribution in [3.05, 3.63) is 71.3 Å². The first kappa shape index (κ1) is 22.7. The number of thioether (sulfide) groups is 1. The van der Waals surface area contributed by atoms with Crippen LogP contribution in [0.25, 0.3) is 0 Å². The molecule has 0 aliphatic carbocycles. The first-order chi connectivity index (χ1) is 15.5. The molecule has 2 aliphatic rings. The van der Waals surface area contributed by atoms with Crippen LogP contribution >= 0.6 is 11.8 Å². The van der Waals surface area contributed by atoms with Gasteiger partial charge >= 0.3 is 0 Å². The van der Waals surface area contributed by atoms with Crippen LogP contribution in [0.15, 0.2) is 48.5 Å². The van der Waals surface area contributed by atoms with Crippen molar-refractivity contribution >= 4 is 23.6 Å². The Morgan fingerprint density at radius 1 is 1.00 bits per heavy atom. The number of benzene rings is 2. The molecule has 2 aliphatic heterocycles. The zero-order valence-electron chi connectivity index (χ0n) is 18.0. The summed E-state index contributed by atoms with van der Waals surface area (Å²) in [5.41, 5.74) is 1.30. The van der Waals surface area contributed by atoms with Gasteiger partial charge in [0.1, 0.15) is 17.0 Å². The summed E-state index contributed by atoms with van der Waals surface area (Å²) < 4.78 is 26.8. The van der Waals surface area contributed by atoms with E-state index in [-0.39, 0.29) is 28.3 Å². The third kappa shape index (κ3) is 4.96. The van der Waals surface area contributed by atoms with E-state index in [2.05, 4.69) is 4.90 Å². The Morgan fingerprint density at radius 3 is 2.38 bits per heavy atom. The Labute approximate surface area is 191 Å². The van der Waals surface area contributed by atoms with Gasteiger partial charge in [-0.1, -0.05) is 25.1 Å². The van der Waals surface area contributed by atoms with Gasteiger partial charge in [0.25, 0.3) is 5.91 Å². The molecule has 0 N–H and O–H groups in total. The molecule has 2 amide bonds. The number of amides is 2. The maximum Gasteiger partial charge on any atom is 0.254 e. The van der Waals surface area contributed by atoms with E-state index in [0.717, 1.165) is 12.0 Å². The van der Waals surface area contributed by atoms with Crippen LogP contribution in [0.5, 0.6) is 0 Å². The number of hydrogen-bond donors (Lipinski definition) is 0. The van der Waals surface area contributed by atoms with Gasteiger partial charge in [0, 0.05) is 44.8 Å². The van der Waals surface area contributed by atoms with Gasteiger partial charge in [0.2, 0.25) is 5.91 Å². The van der Waals surface area contributed by atoms with Crippen molar-refractivity contribution in [2.45, 2.75) is 24.0 Å². The van der Waals surface area contributed by atoms with Crippen molar-refractivity contribution in [1.82, 2.24) is 14.7 Å². The summed E-state index contributed by atoms with van der Waals surface area (Å²) >= 11 is 1.63. The first-order valence-corrected chi connectivity index (χ1v) is 11.9.